The monoisotopic (exact) mass is 638 g/mol. The molecule has 0 fully saturated rings. The third-order valence-electron chi connectivity index (χ3n) is 9.87. The molecule has 0 aromatic heterocycles. The Morgan fingerprint density at radius 1 is 0.444 bits per heavy atom. The van der Waals surface area contributed by atoms with E-state index in [1.54, 1.807) is 0 Å². The number of amides is 1. The largest absolute Gasteiger partial charge is 0.394 e. The summed E-state index contributed by atoms with van der Waals surface area (Å²) in [6.45, 7) is 4.23. The van der Waals surface area contributed by atoms with Crippen molar-refractivity contribution in [2.24, 2.45) is 0 Å². The van der Waals surface area contributed by atoms with Crippen LogP contribution in [0.25, 0.3) is 0 Å². The Morgan fingerprint density at radius 3 is 1.00 bits per heavy atom. The van der Waals surface area contributed by atoms with Gasteiger partial charge in [0.2, 0.25) is 5.91 Å². The fraction of sp³-hybridized carbons (Fsp3) is 0.976. The van der Waals surface area contributed by atoms with Crippen LogP contribution in [0.15, 0.2) is 0 Å². The van der Waals surface area contributed by atoms with Crippen LogP contribution >= 0.6 is 0 Å². The summed E-state index contributed by atoms with van der Waals surface area (Å²) in [6.07, 6.45) is 45.5. The maximum absolute atomic E-state index is 12.2. The van der Waals surface area contributed by atoms with E-state index in [9.17, 15) is 15.0 Å². The van der Waals surface area contributed by atoms with Crippen molar-refractivity contribution in [3.63, 3.8) is 0 Å². The second-order valence-corrected chi connectivity index (χ2v) is 14.4. The van der Waals surface area contributed by atoms with E-state index in [0.717, 1.165) is 32.1 Å². The minimum atomic E-state index is -0.649. The number of hydrogen-bond donors (Lipinski definition) is 3. The summed E-state index contributed by atoms with van der Waals surface area (Å²) in [6, 6.07) is -0.525. The molecule has 4 nitrogen and oxygen atoms in total. The van der Waals surface area contributed by atoms with Crippen LogP contribution in [0.1, 0.15) is 239 Å². The van der Waals surface area contributed by atoms with E-state index in [0.29, 0.717) is 12.8 Å². The fourth-order valence-electron chi connectivity index (χ4n) is 6.66. The van der Waals surface area contributed by atoms with E-state index < -0.39 is 12.1 Å². The molecule has 1 amide bonds. The lowest BCUT2D eigenvalue weighted by Crippen LogP contribution is -2.45. The van der Waals surface area contributed by atoms with Crippen LogP contribution in [0.2, 0.25) is 0 Å². The Hall–Kier alpha value is -0.610. The van der Waals surface area contributed by atoms with Crippen molar-refractivity contribution in [2.75, 3.05) is 6.61 Å². The van der Waals surface area contributed by atoms with Crippen molar-refractivity contribution >= 4 is 5.91 Å². The molecule has 0 aliphatic carbocycles. The molecule has 3 N–H and O–H groups in total. The second kappa shape index (κ2) is 37.8. The topological polar surface area (TPSA) is 69.6 Å². The number of unbranched alkanes of at least 4 members (excludes halogenated alkanes) is 31. The third-order valence-corrected chi connectivity index (χ3v) is 9.87. The Bertz CT molecular complexity index is 569. The van der Waals surface area contributed by atoms with E-state index in [-0.39, 0.29) is 12.5 Å². The Labute approximate surface area is 283 Å². The molecule has 0 bridgehead atoms. The van der Waals surface area contributed by atoms with Gasteiger partial charge >= 0.3 is 0 Å². The van der Waals surface area contributed by atoms with Crippen LogP contribution < -0.4 is 5.32 Å². The van der Waals surface area contributed by atoms with Gasteiger partial charge in [0.05, 0.1) is 18.8 Å². The summed E-state index contributed by atoms with van der Waals surface area (Å²) in [5.41, 5.74) is 0. The van der Waals surface area contributed by atoms with Gasteiger partial charge in [0.25, 0.3) is 0 Å². The first kappa shape index (κ1) is 44.4. The zero-order valence-corrected chi connectivity index (χ0v) is 30.9. The van der Waals surface area contributed by atoms with E-state index in [1.807, 2.05) is 0 Å². The summed E-state index contributed by atoms with van der Waals surface area (Å²) in [5.74, 6) is -0.0381. The van der Waals surface area contributed by atoms with Crippen molar-refractivity contribution in [1.29, 1.82) is 0 Å². The SMILES string of the molecule is CCCCCCCCCCCCCCCCCCCCCCCCCCCCCCCCC(=O)NC(CO)C(O)CCCCC. The molecular formula is C41H83NO3. The average Bonchev–Trinajstić information content (AvgIpc) is 3.04. The molecule has 0 radical (unpaired) electrons. The molecule has 4 heteroatoms. The highest BCUT2D eigenvalue weighted by Gasteiger charge is 2.19. The maximum Gasteiger partial charge on any atom is 0.220 e. The normalized spacial score (nSPS) is 12.9. The summed E-state index contributed by atoms with van der Waals surface area (Å²) in [4.78, 5) is 12.2. The summed E-state index contributed by atoms with van der Waals surface area (Å²) in [7, 11) is 0. The lowest BCUT2D eigenvalue weighted by molar-refractivity contribution is -0.123. The van der Waals surface area contributed by atoms with Crippen LogP contribution in [0.3, 0.4) is 0 Å². The molecule has 0 heterocycles. The number of carbonyl (C=O) groups excluding carboxylic acids is 1. The second-order valence-electron chi connectivity index (χ2n) is 14.4. The molecule has 0 aromatic rings. The van der Waals surface area contributed by atoms with Gasteiger partial charge < -0.3 is 15.5 Å². The molecule has 45 heavy (non-hydrogen) atoms. The molecule has 0 aromatic carbocycles. The van der Waals surface area contributed by atoms with E-state index >= 15 is 0 Å². The van der Waals surface area contributed by atoms with Crippen molar-refractivity contribution < 1.29 is 15.0 Å². The average molecular weight is 638 g/mol. The molecule has 0 spiro atoms. The van der Waals surface area contributed by atoms with Crippen molar-refractivity contribution in [3.05, 3.63) is 0 Å². The lowest BCUT2D eigenvalue weighted by Gasteiger charge is -2.22. The molecule has 270 valence electrons. The molecule has 0 saturated carbocycles. The Morgan fingerprint density at radius 2 is 0.711 bits per heavy atom. The van der Waals surface area contributed by atoms with Gasteiger partial charge in [-0.2, -0.15) is 0 Å². The number of aliphatic hydroxyl groups is 2. The van der Waals surface area contributed by atoms with Crippen LogP contribution in [0.4, 0.5) is 0 Å². The molecular weight excluding hydrogens is 554 g/mol. The predicted molar refractivity (Wildman–Crippen MR) is 198 cm³/mol. The highest BCUT2D eigenvalue weighted by atomic mass is 16.3. The number of hydrogen-bond acceptors (Lipinski definition) is 3. The van der Waals surface area contributed by atoms with Gasteiger partial charge in [0.1, 0.15) is 0 Å². The molecule has 0 aliphatic heterocycles. The van der Waals surface area contributed by atoms with Gasteiger partial charge in [-0.1, -0.05) is 219 Å². The van der Waals surface area contributed by atoms with Crippen molar-refractivity contribution in [2.45, 2.75) is 251 Å². The van der Waals surface area contributed by atoms with Crippen LogP contribution in [-0.4, -0.2) is 34.9 Å². The van der Waals surface area contributed by atoms with Crippen molar-refractivity contribution in [3.8, 4) is 0 Å². The van der Waals surface area contributed by atoms with Gasteiger partial charge in [-0.15, -0.1) is 0 Å². The number of nitrogens with one attached hydrogen (secondary N) is 1. The van der Waals surface area contributed by atoms with Gasteiger partial charge in [-0.05, 0) is 12.8 Å². The smallest absolute Gasteiger partial charge is 0.220 e. The molecule has 0 saturated heterocycles. The Kier molecular flexibility index (Phi) is 37.3. The van der Waals surface area contributed by atoms with Gasteiger partial charge in [0.15, 0.2) is 0 Å². The first-order chi connectivity index (χ1) is 22.2. The highest BCUT2D eigenvalue weighted by molar-refractivity contribution is 5.76. The minimum Gasteiger partial charge on any atom is -0.394 e. The molecule has 2 atom stereocenters. The number of rotatable bonds is 38. The van der Waals surface area contributed by atoms with Gasteiger partial charge in [-0.25, -0.2) is 0 Å². The van der Waals surface area contributed by atoms with Crippen molar-refractivity contribution in [1.82, 2.24) is 5.32 Å². The zero-order valence-electron chi connectivity index (χ0n) is 30.9. The predicted octanol–water partition coefficient (Wildman–Crippen LogP) is 12.5. The van der Waals surface area contributed by atoms with Gasteiger partial charge in [0, 0.05) is 6.42 Å². The van der Waals surface area contributed by atoms with Crippen LogP contribution in [0.5, 0.6) is 0 Å². The van der Waals surface area contributed by atoms with E-state index in [4.69, 9.17) is 0 Å². The lowest BCUT2D eigenvalue weighted by atomic mass is 10.0. The zero-order chi connectivity index (χ0) is 32.9. The minimum absolute atomic E-state index is 0.0381. The first-order valence-corrected chi connectivity index (χ1v) is 20.7. The summed E-state index contributed by atoms with van der Waals surface area (Å²) < 4.78 is 0. The number of carbonyl (C=O) groups is 1. The molecule has 0 aliphatic rings. The molecule has 2 unspecified atom stereocenters. The summed E-state index contributed by atoms with van der Waals surface area (Å²) in [5, 5.41) is 22.5. The van der Waals surface area contributed by atoms with Crippen LogP contribution in [0, 0.1) is 0 Å². The quantitative estimate of drug-likeness (QED) is 0.0590. The van der Waals surface area contributed by atoms with E-state index in [1.165, 1.54) is 180 Å². The fourth-order valence-corrected chi connectivity index (χ4v) is 6.66. The first-order valence-electron chi connectivity index (χ1n) is 20.7. The third kappa shape index (κ3) is 34.5. The van der Waals surface area contributed by atoms with Gasteiger partial charge in [-0.3, -0.25) is 4.79 Å². The highest BCUT2D eigenvalue weighted by Crippen LogP contribution is 2.17. The molecule has 0 rings (SSSR count). The maximum atomic E-state index is 12.2. The number of aliphatic hydroxyl groups excluding tert-OH is 2. The Balaban J connectivity index is 3.25. The standard InChI is InChI=1S/C41H83NO3/c1-3-5-7-8-9-10-11-12-13-14-15-16-17-18-19-20-21-22-23-24-25-26-27-28-29-30-31-32-33-35-37-41(45)42-39(38-43)40(44)36-34-6-4-2/h39-40,43-44H,3-38H2,1-2H3,(H,42,45). The summed E-state index contributed by atoms with van der Waals surface area (Å²) >= 11 is 0. The van der Waals surface area contributed by atoms with E-state index in [2.05, 4.69) is 19.2 Å². The van der Waals surface area contributed by atoms with Crippen LogP contribution in [-0.2, 0) is 4.79 Å².